The first-order valence-corrected chi connectivity index (χ1v) is 9.00. The predicted molar refractivity (Wildman–Crippen MR) is 96.8 cm³/mol. The minimum atomic E-state index is -0.661. The molecule has 144 valence electrons. The van der Waals surface area contributed by atoms with E-state index in [0.717, 1.165) is 6.42 Å². The highest BCUT2D eigenvalue weighted by molar-refractivity contribution is 5.93. The Morgan fingerprint density at radius 2 is 1.64 bits per heavy atom. The highest BCUT2D eigenvalue weighted by atomic mass is 16.2. The fraction of sp³-hybridized carbons (Fsp3) is 0.778. The molecular weight excluding hydrogens is 322 g/mol. The summed E-state index contributed by atoms with van der Waals surface area (Å²) in [6, 6.07) is -1.27. The minimum absolute atomic E-state index is 0.158. The standard InChI is InChI=1S/C18H33N3O4/c1-6-14(20-11-22)16(23)10-19-18(25)15(9-13(4)5)21-17(24)8-7-12(2)3/h11-15H,6-10H2,1-5H3,(H,19,25)(H,20,22)(H,21,24)/t14-,15?/m0/s1. The fourth-order valence-corrected chi connectivity index (χ4v) is 2.33. The van der Waals surface area contributed by atoms with Crippen LogP contribution in [0.15, 0.2) is 0 Å². The molecule has 0 rings (SSSR count). The normalized spacial score (nSPS) is 13.2. The zero-order chi connectivity index (χ0) is 19.4. The van der Waals surface area contributed by atoms with Crippen LogP contribution in [0.2, 0.25) is 0 Å². The summed E-state index contributed by atoms with van der Waals surface area (Å²) in [4.78, 5) is 46.8. The molecule has 3 N–H and O–H groups in total. The van der Waals surface area contributed by atoms with Crippen LogP contribution in [0.5, 0.6) is 0 Å². The van der Waals surface area contributed by atoms with Gasteiger partial charge >= 0.3 is 0 Å². The summed E-state index contributed by atoms with van der Waals surface area (Å²) in [5, 5.41) is 7.76. The van der Waals surface area contributed by atoms with Crippen LogP contribution in [-0.2, 0) is 19.2 Å². The summed E-state index contributed by atoms with van der Waals surface area (Å²) < 4.78 is 0. The molecule has 7 nitrogen and oxygen atoms in total. The molecule has 0 aromatic heterocycles. The summed E-state index contributed by atoms with van der Waals surface area (Å²) in [5.41, 5.74) is 0. The molecule has 0 aliphatic rings. The quantitative estimate of drug-likeness (QED) is 0.431. The first-order valence-electron chi connectivity index (χ1n) is 9.00. The van der Waals surface area contributed by atoms with Crippen LogP contribution in [0, 0.1) is 11.8 Å². The summed E-state index contributed by atoms with van der Waals surface area (Å²) in [6.07, 6.45) is 2.56. The Morgan fingerprint density at radius 3 is 2.12 bits per heavy atom. The average Bonchev–Trinajstić information content (AvgIpc) is 2.54. The van der Waals surface area contributed by atoms with E-state index in [1.165, 1.54) is 0 Å². The summed E-state index contributed by atoms with van der Waals surface area (Å²) >= 11 is 0. The van der Waals surface area contributed by atoms with Crippen molar-refractivity contribution >= 4 is 24.0 Å². The molecule has 0 aromatic carbocycles. The second-order valence-corrected chi connectivity index (χ2v) is 7.11. The van der Waals surface area contributed by atoms with Gasteiger partial charge in [-0.25, -0.2) is 0 Å². The van der Waals surface area contributed by atoms with Crippen LogP contribution in [0.25, 0.3) is 0 Å². The Hall–Kier alpha value is -1.92. The predicted octanol–water partition coefficient (Wildman–Crippen LogP) is 1.16. The molecule has 0 radical (unpaired) electrons. The number of hydrogen-bond acceptors (Lipinski definition) is 4. The summed E-state index contributed by atoms with van der Waals surface area (Å²) in [7, 11) is 0. The van der Waals surface area contributed by atoms with E-state index < -0.39 is 12.1 Å². The zero-order valence-electron chi connectivity index (χ0n) is 16.1. The van der Waals surface area contributed by atoms with Crippen LogP contribution in [-0.4, -0.2) is 42.6 Å². The maximum Gasteiger partial charge on any atom is 0.242 e. The molecular formula is C18H33N3O4. The van der Waals surface area contributed by atoms with Crippen LogP contribution in [0.4, 0.5) is 0 Å². The first kappa shape index (κ1) is 23.1. The van der Waals surface area contributed by atoms with Crippen molar-refractivity contribution in [3.05, 3.63) is 0 Å². The molecule has 3 amide bonds. The van der Waals surface area contributed by atoms with E-state index in [1.807, 2.05) is 27.7 Å². The number of Topliss-reactive ketones (excluding diaryl/α,β-unsaturated/α-hetero) is 1. The molecule has 0 saturated heterocycles. The molecule has 0 saturated carbocycles. The Morgan fingerprint density at radius 1 is 1.00 bits per heavy atom. The van der Waals surface area contributed by atoms with Gasteiger partial charge in [-0.2, -0.15) is 0 Å². The highest BCUT2D eigenvalue weighted by Crippen LogP contribution is 2.07. The Labute approximate surface area is 150 Å². The Balaban J connectivity index is 4.64. The van der Waals surface area contributed by atoms with Crippen molar-refractivity contribution in [3.63, 3.8) is 0 Å². The largest absolute Gasteiger partial charge is 0.349 e. The third-order valence-electron chi connectivity index (χ3n) is 3.81. The van der Waals surface area contributed by atoms with E-state index >= 15 is 0 Å². The van der Waals surface area contributed by atoms with Gasteiger partial charge < -0.3 is 16.0 Å². The first-order chi connectivity index (χ1) is 11.7. The van der Waals surface area contributed by atoms with Crippen molar-refractivity contribution in [2.45, 2.75) is 72.4 Å². The van der Waals surface area contributed by atoms with Gasteiger partial charge in [-0.15, -0.1) is 0 Å². The minimum Gasteiger partial charge on any atom is -0.349 e. The van der Waals surface area contributed by atoms with Crippen molar-refractivity contribution in [1.29, 1.82) is 0 Å². The number of amides is 3. The van der Waals surface area contributed by atoms with Crippen molar-refractivity contribution in [2.75, 3.05) is 6.54 Å². The van der Waals surface area contributed by atoms with Gasteiger partial charge in [0.05, 0.1) is 12.6 Å². The molecule has 0 aliphatic carbocycles. The Bertz CT molecular complexity index is 450. The number of hydrogen-bond donors (Lipinski definition) is 3. The molecule has 0 fully saturated rings. The molecule has 0 heterocycles. The molecule has 0 spiro atoms. The van der Waals surface area contributed by atoms with Crippen molar-refractivity contribution < 1.29 is 19.2 Å². The van der Waals surface area contributed by atoms with Crippen LogP contribution in [0.3, 0.4) is 0 Å². The second kappa shape index (κ2) is 12.4. The summed E-state index contributed by atoms with van der Waals surface area (Å²) in [6.45, 7) is 9.61. The van der Waals surface area contributed by atoms with Gasteiger partial charge in [0.2, 0.25) is 18.2 Å². The second-order valence-electron chi connectivity index (χ2n) is 7.11. The van der Waals surface area contributed by atoms with E-state index in [9.17, 15) is 19.2 Å². The molecule has 0 aromatic rings. The van der Waals surface area contributed by atoms with Gasteiger partial charge in [-0.1, -0.05) is 34.6 Å². The zero-order valence-corrected chi connectivity index (χ0v) is 16.1. The van der Waals surface area contributed by atoms with Gasteiger partial charge in [0.1, 0.15) is 6.04 Å². The van der Waals surface area contributed by atoms with E-state index in [0.29, 0.717) is 31.6 Å². The van der Waals surface area contributed by atoms with E-state index in [1.54, 1.807) is 6.92 Å². The number of ketones is 1. The van der Waals surface area contributed by atoms with Crippen LogP contribution < -0.4 is 16.0 Å². The molecule has 2 atom stereocenters. The monoisotopic (exact) mass is 355 g/mol. The highest BCUT2D eigenvalue weighted by Gasteiger charge is 2.23. The lowest BCUT2D eigenvalue weighted by Gasteiger charge is -2.21. The van der Waals surface area contributed by atoms with Gasteiger partial charge in [0.15, 0.2) is 5.78 Å². The van der Waals surface area contributed by atoms with Crippen molar-refractivity contribution in [1.82, 2.24) is 16.0 Å². The Kier molecular flexibility index (Phi) is 11.5. The molecule has 25 heavy (non-hydrogen) atoms. The third-order valence-corrected chi connectivity index (χ3v) is 3.81. The molecule has 1 unspecified atom stereocenters. The maximum absolute atomic E-state index is 12.4. The van der Waals surface area contributed by atoms with Gasteiger partial charge in [0.25, 0.3) is 0 Å². The molecule has 0 aliphatic heterocycles. The van der Waals surface area contributed by atoms with Crippen molar-refractivity contribution in [2.24, 2.45) is 11.8 Å². The lowest BCUT2D eigenvalue weighted by Crippen LogP contribution is -2.50. The molecule has 0 bridgehead atoms. The molecule has 7 heteroatoms. The topological polar surface area (TPSA) is 104 Å². The number of carbonyl (C=O) groups is 4. The fourth-order valence-electron chi connectivity index (χ4n) is 2.33. The summed E-state index contributed by atoms with van der Waals surface area (Å²) in [5.74, 6) is -0.165. The maximum atomic E-state index is 12.4. The van der Waals surface area contributed by atoms with Crippen molar-refractivity contribution in [3.8, 4) is 0 Å². The van der Waals surface area contributed by atoms with Gasteiger partial charge in [-0.05, 0) is 31.1 Å². The van der Waals surface area contributed by atoms with Gasteiger partial charge in [0, 0.05) is 6.42 Å². The SMILES string of the molecule is CC[C@H](NC=O)C(=O)CNC(=O)C(CC(C)C)NC(=O)CCC(C)C. The van der Waals surface area contributed by atoms with E-state index in [-0.39, 0.29) is 30.1 Å². The van der Waals surface area contributed by atoms with E-state index in [2.05, 4.69) is 16.0 Å². The van der Waals surface area contributed by atoms with Crippen LogP contribution >= 0.6 is 0 Å². The smallest absolute Gasteiger partial charge is 0.242 e. The lowest BCUT2D eigenvalue weighted by atomic mass is 10.0. The lowest BCUT2D eigenvalue weighted by molar-refractivity contribution is -0.131. The average molecular weight is 355 g/mol. The number of rotatable bonds is 13. The third kappa shape index (κ3) is 10.5. The number of nitrogens with one attached hydrogen (secondary N) is 3. The number of carbonyl (C=O) groups excluding carboxylic acids is 4. The van der Waals surface area contributed by atoms with Gasteiger partial charge in [-0.3, -0.25) is 19.2 Å². The van der Waals surface area contributed by atoms with Crippen LogP contribution in [0.1, 0.15) is 60.3 Å². The van der Waals surface area contributed by atoms with E-state index in [4.69, 9.17) is 0 Å².